The predicted molar refractivity (Wildman–Crippen MR) is 110 cm³/mol. The van der Waals surface area contributed by atoms with Crippen molar-refractivity contribution in [2.75, 3.05) is 11.1 Å². The zero-order valence-corrected chi connectivity index (χ0v) is 16.8. The number of carbonyl (C=O) groups excluding carboxylic acids is 1. The van der Waals surface area contributed by atoms with E-state index in [-0.39, 0.29) is 11.7 Å². The van der Waals surface area contributed by atoms with Gasteiger partial charge in [-0.25, -0.2) is 0 Å². The van der Waals surface area contributed by atoms with Crippen molar-refractivity contribution in [3.05, 3.63) is 70.5 Å². The number of rotatable bonds is 7. The van der Waals surface area contributed by atoms with Crippen LogP contribution in [0.2, 0.25) is 5.02 Å². The van der Waals surface area contributed by atoms with E-state index in [4.69, 9.17) is 11.6 Å². The van der Waals surface area contributed by atoms with Gasteiger partial charge < -0.3 is 9.88 Å². The lowest BCUT2D eigenvalue weighted by Crippen LogP contribution is -2.15. The highest BCUT2D eigenvalue weighted by molar-refractivity contribution is 7.99. The number of nitrogens with one attached hydrogen (secondary N) is 1. The van der Waals surface area contributed by atoms with Gasteiger partial charge in [0.1, 0.15) is 5.82 Å². The van der Waals surface area contributed by atoms with Gasteiger partial charge in [0.05, 0.1) is 5.75 Å². The van der Waals surface area contributed by atoms with Crippen LogP contribution in [0, 0.1) is 6.92 Å². The largest absolute Gasteiger partial charge is 0.325 e. The van der Waals surface area contributed by atoms with E-state index in [1.807, 2.05) is 31.2 Å². The summed E-state index contributed by atoms with van der Waals surface area (Å²) in [6.07, 6.45) is 0.718. The highest BCUT2D eigenvalue weighted by Crippen LogP contribution is 2.22. The zero-order valence-electron chi connectivity index (χ0n) is 15.3. The summed E-state index contributed by atoms with van der Waals surface area (Å²) in [5.41, 5.74) is 2.89. The third kappa shape index (κ3) is 5.11. The molecule has 1 aromatic heterocycles. The minimum absolute atomic E-state index is 0.0966. The first-order chi connectivity index (χ1) is 13.1. The van der Waals surface area contributed by atoms with E-state index in [9.17, 15) is 4.79 Å². The topological polar surface area (TPSA) is 59.8 Å². The number of halogens is 1. The predicted octanol–water partition coefficient (Wildman–Crippen LogP) is 4.58. The second-order valence-corrected chi connectivity index (χ2v) is 7.48. The first kappa shape index (κ1) is 19.5. The molecular weight excluding hydrogens is 380 g/mol. The zero-order chi connectivity index (χ0) is 19.2. The highest BCUT2D eigenvalue weighted by Gasteiger charge is 2.14. The average molecular weight is 401 g/mol. The molecule has 0 aliphatic carbocycles. The maximum absolute atomic E-state index is 12.3. The molecule has 0 aliphatic heterocycles. The fraction of sp³-hybridized carbons (Fsp3) is 0.250. The van der Waals surface area contributed by atoms with E-state index in [0.717, 1.165) is 35.2 Å². The normalized spacial score (nSPS) is 10.8. The number of benzene rings is 2. The second-order valence-electron chi connectivity index (χ2n) is 6.10. The van der Waals surface area contributed by atoms with Crippen LogP contribution in [0.15, 0.2) is 53.7 Å². The molecule has 0 radical (unpaired) electrons. The van der Waals surface area contributed by atoms with Gasteiger partial charge in [0.15, 0.2) is 5.16 Å². The quantitative estimate of drug-likeness (QED) is 0.589. The summed E-state index contributed by atoms with van der Waals surface area (Å²) < 4.78 is 2.05. The van der Waals surface area contributed by atoms with Crippen LogP contribution in [0.1, 0.15) is 23.9 Å². The maximum Gasteiger partial charge on any atom is 0.234 e. The first-order valence-corrected chi connectivity index (χ1v) is 10.1. The second kappa shape index (κ2) is 9.06. The Morgan fingerprint density at radius 3 is 2.70 bits per heavy atom. The number of thioether (sulfide) groups is 1. The smallest absolute Gasteiger partial charge is 0.234 e. The van der Waals surface area contributed by atoms with Gasteiger partial charge in [-0.2, -0.15) is 0 Å². The van der Waals surface area contributed by atoms with E-state index in [2.05, 4.69) is 39.1 Å². The third-order valence-electron chi connectivity index (χ3n) is 4.12. The molecule has 0 fully saturated rings. The molecule has 0 aliphatic rings. The van der Waals surface area contributed by atoms with Gasteiger partial charge >= 0.3 is 0 Å². The Bertz CT molecular complexity index is 927. The van der Waals surface area contributed by atoms with Crippen molar-refractivity contribution in [1.29, 1.82) is 0 Å². The molecule has 1 N–H and O–H groups in total. The van der Waals surface area contributed by atoms with Crippen molar-refractivity contribution in [3.8, 4) is 0 Å². The molecule has 0 unspecified atom stereocenters. The molecule has 0 atom stereocenters. The molecule has 0 saturated carbocycles. The maximum atomic E-state index is 12.3. The van der Waals surface area contributed by atoms with Crippen molar-refractivity contribution in [2.24, 2.45) is 0 Å². The summed E-state index contributed by atoms with van der Waals surface area (Å²) in [4.78, 5) is 12.3. The van der Waals surface area contributed by atoms with Gasteiger partial charge in [-0.1, -0.05) is 59.8 Å². The summed E-state index contributed by atoms with van der Waals surface area (Å²) >= 11 is 7.39. The van der Waals surface area contributed by atoms with Crippen molar-refractivity contribution in [2.45, 2.75) is 32.0 Å². The minimum atomic E-state index is -0.0966. The van der Waals surface area contributed by atoms with E-state index in [1.54, 1.807) is 12.1 Å². The summed E-state index contributed by atoms with van der Waals surface area (Å²) in [7, 11) is 0. The van der Waals surface area contributed by atoms with Crippen LogP contribution in [0.5, 0.6) is 0 Å². The van der Waals surface area contributed by atoms with E-state index in [0.29, 0.717) is 5.02 Å². The number of anilines is 1. The molecule has 7 heteroatoms. The molecule has 3 aromatic rings. The van der Waals surface area contributed by atoms with E-state index in [1.165, 1.54) is 17.3 Å². The summed E-state index contributed by atoms with van der Waals surface area (Å²) in [6, 6.07) is 15.6. The Morgan fingerprint density at radius 2 is 1.96 bits per heavy atom. The summed E-state index contributed by atoms with van der Waals surface area (Å²) in [6.45, 7) is 4.74. The number of hydrogen-bond donors (Lipinski definition) is 1. The van der Waals surface area contributed by atoms with Crippen molar-refractivity contribution >= 4 is 35.0 Å². The molecule has 0 bridgehead atoms. The molecule has 3 rings (SSSR count). The van der Waals surface area contributed by atoms with E-state index < -0.39 is 0 Å². The monoisotopic (exact) mass is 400 g/mol. The molecular formula is C20H21ClN4OS. The lowest BCUT2D eigenvalue weighted by molar-refractivity contribution is -0.113. The molecule has 0 saturated heterocycles. The van der Waals surface area contributed by atoms with Crippen molar-refractivity contribution in [1.82, 2.24) is 14.8 Å². The number of nitrogens with zero attached hydrogens (tertiary/aromatic N) is 3. The van der Waals surface area contributed by atoms with Gasteiger partial charge in [0.2, 0.25) is 5.91 Å². The van der Waals surface area contributed by atoms with Gasteiger partial charge in [-0.3, -0.25) is 4.79 Å². The first-order valence-electron chi connectivity index (χ1n) is 8.71. The minimum Gasteiger partial charge on any atom is -0.325 e. The number of aromatic nitrogens is 3. The Balaban J connectivity index is 1.64. The third-order valence-corrected chi connectivity index (χ3v) is 5.32. The van der Waals surface area contributed by atoms with Crippen LogP contribution >= 0.6 is 23.4 Å². The lowest BCUT2D eigenvalue weighted by Gasteiger charge is -2.09. The van der Waals surface area contributed by atoms with Crippen molar-refractivity contribution in [3.63, 3.8) is 0 Å². The molecule has 27 heavy (non-hydrogen) atoms. The molecule has 140 valence electrons. The van der Waals surface area contributed by atoms with Crippen LogP contribution in [-0.4, -0.2) is 26.4 Å². The van der Waals surface area contributed by atoms with Crippen LogP contribution in [0.3, 0.4) is 0 Å². The number of amides is 1. The Morgan fingerprint density at radius 1 is 1.19 bits per heavy atom. The Hall–Kier alpha value is -2.31. The standard InChI is InChI=1S/C20H21ClN4OS/c1-3-25-18(11-15-7-5-4-6-8-15)23-24-20(25)27-13-19(26)22-17-12-16(21)10-9-14(17)2/h4-10,12H,3,11,13H2,1-2H3,(H,22,26). The van der Waals surface area contributed by atoms with Crippen molar-refractivity contribution < 1.29 is 4.79 Å². The van der Waals surface area contributed by atoms with Crippen LogP contribution in [0.25, 0.3) is 0 Å². The summed E-state index contributed by atoms with van der Waals surface area (Å²) in [5, 5.41) is 12.8. The fourth-order valence-electron chi connectivity index (χ4n) is 2.70. The molecule has 0 spiro atoms. The number of carbonyl (C=O) groups is 1. The molecule has 2 aromatic carbocycles. The fourth-order valence-corrected chi connectivity index (χ4v) is 3.69. The SMILES string of the molecule is CCn1c(Cc2ccccc2)nnc1SCC(=O)Nc1cc(Cl)ccc1C. The van der Waals surface area contributed by atoms with E-state index >= 15 is 0 Å². The van der Waals surface area contributed by atoms with Gasteiger partial charge in [-0.15, -0.1) is 10.2 Å². The molecule has 5 nitrogen and oxygen atoms in total. The Labute approximate surface area is 168 Å². The lowest BCUT2D eigenvalue weighted by atomic mass is 10.1. The average Bonchev–Trinajstić information content (AvgIpc) is 3.05. The van der Waals surface area contributed by atoms with Gasteiger partial charge in [-0.05, 0) is 37.1 Å². The van der Waals surface area contributed by atoms with Crippen LogP contribution < -0.4 is 5.32 Å². The van der Waals surface area contributed by atoms with Crippen LogP contribution in [-0.2, 0) is 17.8 Å². The van der Waals surface area contributed by atoms with Crippen LogP contribution in [0.4, 0.5) is 5.69 Å². The highest BCUT2D eigenvalue weighted by atomic mass is 35.5. The van der Waals surface area contributed by atoms with Gasteiger partial charge in [0, 0.05) is 23.7 Å². The molecule has 1 amide bonds. The number of hydrogen-bond acceptors (Lipinski definition) is 4. The number of aryl methyl sites for hydroxylation is 1. The van der Waals surface area contributed by atoms with Gasteiger partial charge in [0.25, 0.3) is 0 Å². The summed E-state index contributed by atoms with van der Waals surface area (Å²) in [5.74, 6) is 1.06. The molecule has 1 heterocycles. The Kier molecular flexibility index (Phi) is 6.53.